The van der Waals surface area contributed by atoms with Gasteiger partial charge in [-0.2, -0.15) is 0 Å². The lowest BCUT2D eigenvalue weighted by Gasteiger charge is -2.44. The summed E-state index contributed by atoms with van der Waals surface area (Å²) in [5.74, 6) is -0.423. The van der Waals surface area contributed by atoms with Gasteiger partial charge in [0.2, 0.25) is 5.91 Å². The van der Waals surface area contributed by atoms with Crippen LogP contribution in [0.2, 0.25) is 0 Å². The summed E-state index contributed by atoms with van der Waals surface area (Å²) >= 11 is 0. The van der Waals surface area contributed by atoms with E-state index in [4.69, 9.17) is 0 Å². The van der Waals surface area contributed by atoms with E-state index in [-0.39, 0.29) is 24.2 Å². The number of hydrogen-bond donors (Lipinski definition) is 1. The average molecular weight is 422 g/mol. The highest BCUT2D eigenvalue weighted by Crippen LogP contribution is 2.33. The van der Waals surface area contributed by atoms with Gasteiger partial charge >= 0.3 is 0 Å². The quantitative estimate of drug-likeness (QED) is 0.643. The number of aromatic nitrogens is 1. The minimum Gasteiger partial charge on any atom is -0.354 e. The predicted molar refractivity (Wildman–Crippen MR) is 119 cm³/mol. The van der Waals surface area contributed by atoms with Crippen molar-refractivity contribution < 1.29 is 14.0 Å². The highest BCUT2D eigenvalue weighted by atomic mass is 19.1. The lowest BCUT2D eigenvalue weighted by atomic mass is 9.93. The van der Waals surface area contributed by atoms with E-state index in [1.807, 2.05) is 34.9 Å². The van der Waals surface area contributed by atoms with Crippen LogP contribution in [-0.4, -0.2) is 33.4 Å². The highest BCUT2D eigenvalue weighted by Gasteiger charge is 2.47. The number of hydrogen-bond acceptors (Lipinski definition) is 2. The van der Waals surface area contributed by atoms with Crippen molar-refractivity contribution in [3.8, 4) is 0 Å². The Balaban J connectivity index is 1.76. The Hall–Kier alpha value is -3.15. The lowest BCUT2D eigenvalue weighted by molar-refractivity contribution is -0.133. The van der Waals surface area contributed by atoms with Gasteiger partial charge in [0.05, 0.1) is 13.1 Å². The number of para-hydroxylation sites is 1. The van der Waals surface area contributed by atoms with Gasteiger partial charge in [0.1, 0.15) is 17.1 Å². The van der Waals surface area contributed by atoms with Gasteiger partial charge < -0.3 is 14.8 Å². The minimum atomic E-state index is -1.15. The number of amides is 2. The van der Waals surface area contributed by atoms with Crippen LogP contribution in [0.25, 0.3) is 10.9 Å². The molecule has 1 N–H and O–H groups in total. The van der Waals surface area contributed by atoms with Crippen LogP contribution in [0, 0.1) is 11.7 Å². The van der Waals surface area contributed by atoms with Gasteiger partial charge in [0, 0.05) is 23.0 Å². The maximum atomic E-state index is 14.4. The van der Waals surface area contributed by atoms with Crippen LogP contribution in [0.5, 0.6) is 0 Å². The standard InChI is InChI=1S/C25H28FN3O2/c1-17(2)12-13-27-24(31)25(3)16-28-21-11-7-5-8-18(21)14-22(28)23(30)29(25)15-19-9-4-6-10-20(19)26/h4-11,14,17H,12-13,15-16H2,1-3H3,(H,27,31)/t25-/m1/s1. The van der Waals surface area contributed by atoms with Crippen LogP contribution in [-0.2, 0) is 17.9 Å². The lowest BCUT2D eigenvalue weighted by Crippen LogP contribution is -2.63. The Morgan fingerprint density at radius 2 is 1.87 bits per heavy atom. The van der Waals surface area contributed by atoms with E-state index >= 15 is 0 Å². The monoisotopic (exact) mass is 421 g/mol. The number of halogens is 1. The van der Waals surface area contributed by atoms with Crippen molar-refractivity contribution in [2.24, 2.45) is 5.92 Å². The molecule has 1 aliphatic heterocycles. The van der Waals surface area contributed by atoms with E-state index in [9.17, 15) is 14.0 Å². The molecule has 4 rings (SSSR count). The van der Waals surface area contributed by atoms with Crippen molar-refractivity contribution in [3.63, 3.8) is 0 Å². The molecule has 0 aliphatic carbocycles. The Labute approximate surface area is 181 Å². The van der Waals surface area contributed by atoms with Crippen molar-refractivity contribution in [3.05, 3.63) is 71.7 Å². The Morgan fingerprint density at radius 1 is 1.16 bits per heavy atom. The summed E-state index contributed by atoms with van der Waals surface area (Å²) in [5, 5.41) is 3.95. The summed E-state index contributed by atoms with van der Waals surface area (Å²) in [7, 11) is 0. The largest absolute Gasteiger partial charge is 0.354 e. The molecule has 0 radical (unpaired) electrons. The number of benzene rings is 2. The molecule has 0 spiro atoms. The molecule has 0 unspecified atom stereocenters. The fraction of sp³-hybridized carbons (Fsp3) is 0.360. The second-order valence-electron chi connectivity index (χ2n) is 8.87. The summed E-state index contributed by atoms with van der Waals surface area (Å²) < 4.78 is 16.3. The van der Waals surface area contributed by atoms with E-state index in [0.717, 1.165) is 17.3 Å². The van der Waals surface area contributed by atoms with Gasteiger partial charge in [-0.3, -0.25) is 9.59 Å². The van der Waals surface area contributed by atoms with Crippen LogP contribution < -0.4 is 5.32 Å². The molecule has 162 valence electrons. The SMILES string of the molecule is CC(C)CCNC(=O)[C@@]1(C)Cn2c(cc3ccccc32)C(=O)N1Cc1ccccc1F. The first-order valence-corrected chi connectivity index (χ1v) is 10.7. The summed E-state index contributed by atoms with van der Waals surface area (Å²) in [6.45, 7) is 6.84. The van der Waals surface area contributed by atoms with Crippen LogP contribution in [0.4, 0.5) is 4.39 Å². The average Bonchev–Trinajstić information content (AvgIpc) is 3.10. The Morgan fingerprint density at radius 3 is 2.61 bits per heavy atom. The van der Waals surface area contributed by atoms with E-state index in [1.54, 1.807) is 25.1 Å². The fourth-order valence-corrected chi connectivity index (χ4v) is 4.22. The van der Waals surface area contributed by atoms with Gasteiger partial charge in [-0.15, -0.1) is 0 Å². The zero-order chi connectivity index (χ0) is 22.2. The second-order valence-corrected chi connectivity index (χ2v) is 8.87. The summed E-state index contributed by atoms with van der Waals surface area (Å²) in [5.41, 5.74) is 0.676. The Kier molecular flexibility index (Phi) is 5.56. The molecule has 2 aromatic carbocycles. The van der Waals surface area contributed by atoms with Gasteiger partial charge in [-0.25, -0.2) is 4.39 Å². The molecule has 0 bridgehead atoms. The second kappa shape index (κ2) is 8.17. The molecular weight excluding hydrogens is 393 g/mol. The smallest absolute Gasteiger partial charge is 0.271 e. The summed E-state index contributed by atoms with van der Waals surface area (Å²) in [4.78, 5) is 28.5. The van der Waals surface area contributed by atoms with Crippen molar-refractivity contribution in [2.45, 2.75) is 45.8 Å². The predicted octanol–water partition coefficient (Wildman–Crippen LogP) is 4.36. The minimum absolute atomic E-state index is 0.0289. The molecule has 0 saturated heterocycles. The van der Waals surface area contributed by atoms with Crippen LogP contribution in [0.15, 0.2) is 54.6 Å². The van der Waals surface area contributed by atoms with Crippen molar-refractivity contribution in [1.29, 1.82) is 0 Å². The number of carbonyl (C=O) groups is 2. The first kappa shape index (κ1) is 21.1. The number of rotatable bonds is 6. The zero-order valence-corrected chi connectivity index (χ0v) is 18.2. The van der Waals surface area contributed by atoms with Crippen LogP contribution >= 0.6 is 0 Å². The number of carbonyl (C=O) groups excluding carboxylic acids is 2. The first-order valence-electron chi connectivity index (χ1n) is 10.7. The van der Waals surface area contributed by atoms with Crippen molar-refractivity contribution >= 4 is 22.7 Å². The molecule has 1 atom stereocenters. The summed E-state index contributed by atoms with van der Waals surface area (Å²) in [6.07, 6.45) is 0.848. The number of nitrogens with one attached hydrogen (secondary N) is 1. The van der Waals surface area contributed by atoms with E-state index < -0.39 is 5.54 Å². The number of fused-ring (bicyclic) bond motifs is 3. The van der Waals surface area contributed by atoms with Crippen LogP contribution in [0.1, 0.15) is 43.2 Å². The Bertz CT molecular complexity index is 1140. The molecule has 6 heteroatoms. The molecule has 2 amide bonds. The van der Waals surface area contributed by atoms with Crippen molar-refractivity contribution in [2.75, 3.05) is 6.54 Å². The van der Waals surface area contributed by atoms with Gasteiger partial charge in [-0.1, -0.05) is 50.2 Å². The van der Waals surface area contributed by atoms with E-state index in [2.05, 4.69) is 19.2 Å². The van der Waals surface area contributed by atoms with E-state index in [1.165, 1.54) is 11.0 Å². The number of nitrogens with zero attached hydrogens (tertiary/aromatic N) is 2. The normalized spacial score (nSPS) is 18.5. The van der Waals surface area contributed by atoms with E-state index in [0.29, 0.717) is 30.3 Å². The molecule has 1 aromatic heterocycles. The molecule has 5 nitrogen and oxygen atoms in total. The molecule has 3 aromatic rings. The molecule has 0 saturated carbocycles. The maximum Gasteiger partial charge on any atom is 0.271 e. The summed E-state index contributed by atoms with van der Waals surface area (Å²) in [6, 6.07) is 16.0. The molecule has 31 heavy (non-hydrogen) atoms. The molecular formula is C25H28FN3O2. The zero-order valence-electron chi connectivity index (χ0n) is 18.2. The van der Waals surface area contributed by atoms with Gasteiger partial charge in [0.25, 0.3) is 5.91 Å². The van der Waals surface area contributed by atoms with Crippen molar-refractivity contribution in [1.82, 2.24) is 14.8 Å². The van der Waals surface area contributed by atoms with Gasteiger partial charge in [0.15, 0.2) is 0 Å². The molecule has 0 fully saturated rings. The molecule has 1 aliphatic rings. The fourth-order valence-electron chi connectivity index (χ4n) is 4.22. The topological polar surface area (TPSA) is 54.3 Å². The molecule has 2 heterocycles. The first-order chi connectivity index (χ1) is 14.8. The third-order valence-electron chi connectivity index (χ3n) is 6.12. The third kappa shape index (κ3) is 3.82. The van der Waals surface area contributed by atoms with Gasteiger partial charge in [-0.05, 0) is 37.5 Å². The third-order valence-corrected chi connectivity index (χ3v) is 6.12. The van der Waals surface area contributed by atoms with Crippen LogP contribution in [0.3, 0.4) is 0 Å². The maximum absolute atomic E-state index is 14.4. The highest BCUT2D eigenvalue weighted by molar-refractivity contribution is 6.03.